The van der Waals surface area contributed by atoms with Crippen molar-refractivity contribution in [3.05, 3.63) is 202 Å². The van der Waals surface area contributed by atoms with E-state index >= 15 is 0 Å². The van der Waals surface area contributed by atoms with Gasteiger partial charge in [-0.2, -0.15) is 0 Å². The summed E-state index contributed by atoms with van der Waals surface area (Å²) >= 11 is 7.59. The molecule has 0 saturated carbocycles. The summed E-state index contributed by atoms with van der Waals surface area (Å²) in [5.74, 6) is 0. The summed E-state index contributed by atoms with van der Waals surface area (Å²) in [7, 11) is 0. The molecule has 10 rings (SSSR count). The molecule has 0 unspecified atom stereocenters. The van der Waals surface area contributed by atoms with Crippen LogP contribution in [0.3, 0.4) is 0 Å². The van der Waals surface area contributed by atoms with Gasteiger partial charge in [-0.05, 0) is 83.6 Å². The van der Waals surface area contributed by atoms with E-state index in [4.69, 9.17) is 8.83 Å². The molecule has 308 valence electrons. The van der Waals surface area contributed by atoms with Crippen molar-refractivity contribution in [1.82, 2.24) is 0 Å². The van der Waals surface area contributed by atoms with Crippen molar-refractivity contribution in [2.75, 3.05) is 9.80 Å². The van der Waals surface area contributed by atoms with E-state index in [-0.39, 0.29) is 10.8 Å². The van der Waals surface area contributed by atoms with Gasteiger partial charge < -0.3 is 18.6 Å². The first-order valence-corrected chi connectivity index (χ1v) is 22.6. The first-order valence-electron chi connectivity index (χ1n) is 21.0. The molecule has 10 aromatic rings. The third kappa shape index (κ3) is 7.71. The summed E-state index contributed by atoms with van der Waals surface area (Å²) in [5.41, 5.74) is 12.5. The van der Waals surface area contributed by atoms with E-state index in [0.29, 0.717) is 0 Å². The van der Waals surface area contributed by atoms with Crippen molar-refractivity contribution in [3.8, 4) is 0 Å². The number of benzene rings is 8. The maximum atomic E-state index is 6.73. The molecule has 0 aliphatic rings. The SMILES string of the molecule is CC(C)(C)c1ccc(Br)c2c1oc1c(N(c3ccccc3)c3ccccc3)ccc(Br)c12.CC(C)(C)c1cccc2c1oc1c(N(c3ccccc3)c3ccccc3)cccc12. The molecule has 0 amide bonds. The lowest BCUT2D eigenvalue weighted by Gasteiger charge is -2.25. The molecule has 8 aromatic carbocycles. The Hall–Kier alpha value is -6.08. The zero-order valence-electron chi connectivity index (χ0n) is 35.8. The monoisotopic (exact) mass is 938 g/mol. The van der Waals surface area contributed by atoms with Crippen molar-refractivity contribution in [1.29, 1.82) is 0 Å². The second-order valence-corrected chi connectivity index (χ2v) is 19.3. The highest BCUT2D eigenvalue weighted by atomic mass is 79.9. The fourth-order valence-electron chi connectivity index (χ4n) is 8.38. The molecule has 0 aliphatic carbocycles. The average molecular weight is 941 g/mol. The molecule has 0 saturated heterocycles. The van der Waals surface area contributed by atoms with Gasteiger partial charge in [0, 0.05) is 64.4 Å². The van der Waals surface area contributed by atoms with Crippen LogP contribution in [0.2, 0.25) is 0 Å². The Morgan fingerprint density at radius 2 is 0.710 bits per heavy atom. The van der Waals surface area contributed by atoms with E-state index < -0.39 is 0 Å². The number of furan rings is 2. The molecule has 4 nitrogen and oxygen atoms in total. The maximum Gasteiger partial charge on any atom is 0.160 e. The molecule has 2 aromatic heterocycles. The summed E-state index contributed by atoms with van der Waals surface area (Å²) in [6.45, 7) is 13.4. The van der Waals surface area contributed by atoms with Crippen LogP contribution in [-0.4, -0.2) is 0 Å². The van der Waals surface area contributed by atoms with Crippen LogP contribution in [0.25, 0.3) is 43.9 Å². The number of hydrogen-bond acceptors (Lipinski definition) is 4. The molecule has 0 spiro atoms. The zero-order valence-corrected chi connectivity index (χ0v) is 39.0. The van der Waals surface area contributed by atoms with Crippen LogP contribution in [-0.2, 0) is 10.8 Å². The van der Waals surface area contributed by atoms with E-state index in [0.717, 1.165) is 81.6 Å². The minimum absolute atomic E-state index is 0.00605. The minimum Gasteiger partial charge on any atom is -0.454 e. The van der Waals surface area contributed by atoms with Crippen LogP contribution in [0.5, 0.6) is 0 Å². The third-order valence-electron chi connectivity index (χ3n) is 11.3. The van der Waals surface area contributed by atoms with Gasteiger partial charge in [-0.3, -0.25) is 0 Å². The highest BCUT2D eigenvalue weighted by Gasteiger charge is 2.27. The Balaban J connectivity index is 0.000000158. The Morgan fingerprint density at radius 1 is 0.339 bits per heavy atom. The molecule has 6 heteroatoms. The van der Waals surface area contributed by atoms with Gasteiger partial charge in [0.25, 0.3) is 0 Å². The van der Waals surface area contributed by atoms with Crippen molar-refractivity contribution >= 4 is 110 Å². The molecule has 0 fully saturated rings. The smallest absolute Gasteiger partial charge is 0.160 e. The van der Waals surface area contributed by atoms with Gasteiger partial charge in [0.15, 0.2) is 11.2 Å². The first-order chi connectivity index (χ1) is 29.9. The Bertz CT molecular complexity index is 3080. The molecular formula is C56H48Br2N2O2. The van der Waals surface area contributed by atoms with Gasteiger partial charge in [-0.1, -0.05) is 183 Å². The number of rotatable bonds is 6. The van der Waals surface area contributed by atoms with E-state index in [1.54, 1.807) is 0 Å². The molecule has 0 radical (unpaired) electrons. The van der Waals surface area contributed by atoms with Gasteiger partial charge in [0.05, 0.1) is 11.4 Å². The van der Waals surface area contributed by atoms with Crippen molar-refractivity contribution in [2.24, 2.45) is 0 Å². The van der Waals surface area contributed by atoms with Crippen molar-refractivity contribution in [2.45, 2.75) is 52.4 Å². The highest BCUT2D eigenvalue weighted by molar-refractivity contribution is 9.11. The number of nitrogens with zero attached hydrogens (tertiary/aromatic N) is 2. The summed E-state index contributed by atoms with van der Waals surface area (Å²) in [6.07, 6.45) is 0. The average Bonchev–Trinajstić information content (AvgIpc) is 3.87. The highest BCUT2D eigenvalue weighted by Crippen LogP contribution is 2.48. The van der Waals surface area contributed by atoms with Crippen LogP contribution in [0, 0.1) is 0 Å². The number of hydrogen-bond donors (Lipinski definition) is 0. The van der Waals surface area contributed by atoms with Gasteiger partial charge in [-0.15, -0.1) is 0 Å². The standard InChI is InChI=1S/C28H23Br2NO.C28H25NO/c1-28(2,3)20-14-15-21(29)24-25-22(30)16-17-23(27(25)32-26(20)24)31(18-10-6-4-7-11-18)19-12-8-5-9-13-19;1-28(2,3)24-18-10-16-22-23-17-11-19-25(27(23)30-26(22)24)29(20-12-6-4-7-13-20)21-14-8-5-9-15-21/h4-17H,1-3H3;4-19H,1-3H3. The lowest BCUT2D eigenvalue weighted by molar-refractivity contribution is 0.572. The first kappa shape index (κ1) is 41.3. The van der Waals surface area contributed by atoms with Crippen LogP contribution in [0.15, 0.2) is 200 Å². The largest absolute Gasteiger partial charge is 0.454 e. The number of anilines is 6. The fraction of sp³-hybridized carbons (Fsp3) is 0.143. The molecule has 2 heterocycles. The third-order valence-corrected chi connectivity index (χ3v) is 12.6. The van der Waals surface area contributed by atoms with Gasteiger partial charge in [0.1, 0.15) is 11.2 Å². The maximum absolute atomic E-state index is 6.73. The predicted octanol–water partition coefficient (Wildman–Crippen LogP) is 18.2. The molecule has 0 atom stereocenters. The lowest BCUT2D eigenvalue weighted by atomic mass is 9.86. The predicted molar refractivity (Wildman–Crippen MR) is 270 cm³/mol. The van der Waals surface area contributed by atoms with Crippen LogP contribution < -0.4 is 9.80 Å². The second kappa shape index (κ2) is 16.7. The normalized spacial score (nSPS) is 11.9. The van der Waals surface area contributed by atoms with Gasteiger partial charge in [-0.25, -0.2) is 0 Å². The second-order valence-electron chi connectivity index (χ2n) is 17.6. The fourth-order valence-corrected chi connectivity index (χ4v) is 9.41. The van der Waals surface area contributed by atoms with Crippen LogP contribution in [0.1, 0.15) is 52.7 Å². The number of fused-ring (bicyclic) bond motifs is 6. The number of halogens is 2. The van der Waals surface area contributed by atoms with Crippen molar-refractivity contribution in [3.63, 3.8) is 0 Å². The van der Waals surface area contributed by atoms with E-state index in [1.807, 2.05) is 24.3 Å². The Morgan fingerprint density at radius 3 is 1.18 bits per heavy atom. The van der Waals surface area contributed by atoms with E-state index in [9.17, 15) is 0 Å². The molecule has 0 aliphatic heterocycles. The number of para-hydroxylation sites is 6. The Kier molecular flexibility index (Phi) is 11.1. The van der Waals surface area contributed by atoms with Crippen molar-refractivity contribution < 1.29 is 8.83 Å². The zero-order chi connectivity index (χ0) is 43.2. The quantitative estimate of drug-likeness (QED) is 0.166. The Labute approximate surface area is 380 Å². The van der Waals surface area contributed by atoms with E-state index in [1.165, 1.54) is 16.5 Å². The van der Waals surface area contributed by atoms with E-state index in [2.05, 4.69) is 241 Å². The lowest BCUT2D eigenvalue weighted by Crippen LogP contribution is -2.11. The van der Waals surface area contributed by atoms with Gasteiger partial charge in [0.2, 0.25) is 0 Å². The molecule has 62 heavy (non-hydrogen) atoms. The minimum atomic E-state index is -0.0436. The summed E-state index contributed by atoms with van der Waals surface area (Å²) in [6, 6.07) is 63.2. The van der Waals surface area contributed by atoms with Crippen LogP contribution >= 0.6 is 31.9 Å². The molecular weight excluding hydrogens is 892 g/mol. The van der Waals surface area contributed by atoms with Gasteiger partial charge >= 0.3 is 0 Å². The molecule has 0 N–H and O–H groups in total. The summed E-state index contributed by atoms with van der Waals surface area (Å²) < 4.78 is 15.4. The summed E-state index contributed by atoms with van der Waals surface area (Å²) in [5, 5.41) is 4.49. The summed E-state index contributed by atoms with van der Waals surface area (Å²) in [4.78, 5) is 4.52. The topological polar surface area (TPSA) is 32.8 Å². The molecule has 0 bridgehead atoms. The van der Waals surface area contributed by atoms with Crippen LogP contribution in [0.4, 0.5) is 34.1 Å².